The van der Waals surface area contributed by atoms with Gasteiger partial charge in [0.1, 0.15) is 11.4 Å². The molecule has 1 fully saturated rings. The van der Waals surface area contributed by atoms with Crippen LogP contribution in [0.5, 0.6) is 5.75 Å². The molecule has 1 aromatic carbocycles. The monoisotopic (exact) mass is 409 g/mol. The van der Waals surface area contributed by atoms with Crippen molar-refractivity contribution in [2.75, 3.05) is 7.11 Å². The predicted octanol–water partition coefficient (Wildman–Crippen LogP) is 4.56. The summed E-state index contributed by atoms with van der Waals surface area (Å²) in [6.45, 7) is 16.6. The zero-order valence-corrected chi connectivity index (χ0v) is 19.5. The highest BCUT2D eigenvalue weighted by Gasteiger charge is 2.52. The number of rotatable bonds is 3. The zero-order valence-electron chi connectivity index (χ0n) is 19.5. The van der Waals surface area contributed by atoms with E-state index in [0.717, 1.165) is 16.7 Å². The van der Waals surface area contributed by atoms with Gasteiger partial charge >= 0.3 is 7.12 Å². The van der Waals surface area contributed by atoms with Crippen LogP contribution in [0.25, 0.3) is 11.3 Å². The molecule has 0 amide bonds. The van der Waals surface area contributed by atoms with E-state index < -0.39 is 18.3 Å². The first-order valence-corrected chi connectivity index (χ1v) is 10.5. The SMILES string of the molecule is COc1cc(B2OC(C)(C)C(C)(C)O2)cnc1-c1ccc2c(c1)C(C)(C)OC2(C)C. The molecule has 3 heterocycles. The number of methoxy groups -OCH3 is 1. The lowest BCUT2D eigenvalue weighted by Gasteiger charge is -2.32. The highest BCUT2D eigenvalue weighted by atomic mass is 16.7. The van der Waals surface area contributed by atoms with E-state index in [-0.39, 0.29) is 11.2 Å². The third-order valence-electron chi connectivity index (χ3n) is 6.72. The standard InChI is InChI=1S/C24H32BNO4/c1-21(2)17-11-10-15(12-18(17)22(3,4)28-21)20-19(27-9)13-16(14-26-20)25-29-23(5,6)24(7,8)30-25/h10-14H,1-9H3. The lowest BCUT2D eigenvalue weighted by Crippen LogP contribution is -2.41. The maximum absolute atomic E-state index is 6.29. The summed E-state index contributed by atoms with van der Waals surface area (Å²) in [7, 11) is 1.19. The minimum absolute atomic E-state index is 0.310. The van der Waals surface area contributed by atoms with Gasteiger partial charge < -0.3 is 18.8 Å². The molecular formula is C24H32BNO4. The fraction of sp³-hybridized carbons (Fsp3) is 0.542. The van der Waals surface area contributed by atoms with Gasteiger partial charge in [-0.25, -0.2) is 0 Å². The van der Waals surface area contributed by atoms with Crippen molar-refractivity contribution < 1.29 is 18.8 Å². The minimum atomic E-state index is -0.474. The molecule has 0 radical (unpaired) electrons. The van der Waals surface area contributed by atoms with Crippen LogP contribution in [0.1, 0.15) is 66.5 Å². The molecule has 0 saturated carbocycles. The number of aromatic nitrogens is 1. The first-order chi connectivity index (χ1) is 13.8. The van der Waals surface area contributed by atoms with Crippen LogP contribution < -0.4 is 10.2 Å². The van der Waals surface area contributed by atoms with Crippen molar-refractivity contribution in [3.8, 4) is 17.0 Å². The van der Waals surface area contributed by atoms with Gasteiger partial charge in [-0.2, -0.15) is 0 Å². The fourth-order valence-electron chi connectivity index (χ4n) is 4.40. The molecule has 0 atom stereocenters. The Morgan fingerprint density at radius 3 is 2.03 bits per heavy atom. The second kappa shape index (κ2) is 6.55. The number of pyridine rings is 1. The van der Waals surface area contributed by atoms with Gasteiger partial charge in [0, 0.05) is 17.2 Å². The second-order valence-corrected chi connectivity index (χ2v) is 10.3. The molecule has 0 N–H and O–H groups in total. The van der Waals surface area contributed by atoms with Crippen molar-refractivity contribution in [2.24, 2.45) is 0 Å². The molecule has 2 aliphatic rings. The molecule has 1 aromatic heterocycles. The molecule has 5 nitrogen and oxygen atoms in total. The van der Waals surface area contributed by atoms with Gasteiger partial charge in [-0.1, -0.05) is 12.1 Å². The van der Waals surface area contributed by atoms with Crippen LogP contribution in [0.4, 0.5) is 0 Å². The van der Waals surface area contributed by atoms with Crippen molar-refractivity contribution >= 4 is 12.6 Å². The highest BCUT2D eigenvalue weighted by molar-refractivity contribution is 6.62. The Hall–Kier alpha value is -1.89. The summed E-state index contributed by atoms with van der Waals surface area (Å²) in [5.41, 5.74) is 3.57. The largest absolute Gasteiger partial charge is 0.496 e. The highest BCUT2D eigenvalue weighted by Crippen LogP contribution is 2.48. The summed E-state index contributed by atoms with van der Waals surface area (Å²) in [4.78, 5) is 4.74. The summed E-state index contributed by atoms with van der Waals surface area (Å²) in [5.74, 6) is 0.693. The number of hydrogen-bond acceptors (Lipinski definition) is 5. The molecule has 0 unspecified atom stereocenters. The van der Waals surface area contributed by atoms with E-state index in [2.05, 4.69) is 45.9 Å². The number of benzene rings is 1. The Balaban J connectivity index is 1.72. The Kier molecular flexibility index (Phi) is 4.66. The van der Waals surface area contributed by atoms with Crippen LogP contribution in [-0.4, -0.2) is 30.4 Å². The van der Waals surface area contributed by atoms with Crippen LogP contribution in [0.2, 0.25) is 0 Å². The molecular weight excluding hydrogens is 377 g/mol. The van der Waals surface area contributed by atoms with Gasteiger partial charge in [-0.15, -0.1) is 0 Å². The Morgan fingerprint density at radius 1 is 0.833 bits per heavy atom. The molecule has 6 heteroatoms. The lowest BCUT2D eigenvalue weighted by molar-refractivity contribution is -0.105. The van der Waals surface area contributed by atoms with Crippen molar-refractivity contribution in [2.45, 2.75) is 77.8 Å². The topological polar surface area (TPSA) is 49.8 Å². The summed E-state index contributed by atoms with van der Waals surface area (Å²) in [6, 6.07) is 8.36. The average molecular weight is 409 g/mol. The van der Waals surface area contributed by atoms with Gasteiger partial charge in [0.05, 0.1) is 29.5 Å². The van der Waals surface area contributed by atoms with Gasteiger partial charge in [-0.05, 0) is 78.6 Å². The Labute approximate surface area is 180 Å². The van der Waals surface area contributed by atoms with Gasteiger partial charge in [-0.3, -0.25) is 4.98 Å². The lowest BCUT2D eigenvalue weighted by atomic mass is 9.80. The zero-order chi connectivity index (χ0) is 22.1. The summed E-state index contributed by atoms with van der Waals surface area (Å²) < 4.78 is 24.3. The van der Waals surface area contributed by atoms with Crippen LogP contribution in [0, 0.1) is 0 Å². The number of nitrogens with zero attached hydrogens (tertiary/aromatic N) is 1. The second-order valence-electron chi connectivity index (χ2n) is 10.3. The minimum Gasteiger partial charge on any atom is -0.494 e. The fourth-order valence-corrected chi connectivity index (χ4v) is 4.40. The molecule has 160 valence electrons. The first kappa shape index (κ1) is 21.4. The van der Waals surface area contributed by atoms with Crippen molar-refractivity contribution in [3.63, 3.8) is 0 Å². The van der Waals surface area contributed by atoms with Crippen molar-refractivity contribution in [1.29, 1.82) is 0 Å². The molecule has 0 aliphatic carbocycles. The van der Waals surface area contributed by atoms with Gasteiger partial charge in [0.25, 0.3) is 0 Å². The normalized spacial score (nSPS) is 22.8. The number of ether oxygens (including phenoxy) is 2. The third-order valence-corrected chi connectivity index (χ3v) is 6.72. The van der Waals surface area contributed by atoms with E-state index in [9.17, 15) is 0 Å². The van der Waals surface area contributed by atoms with Crippen LogP contribution in [0.3, 0.4) is 0 Å². The molecule has 30 heavy (non-hydrogen) atoms. The number of hydrogen-bond donors (Lipinski definition) is 0. The quantitative estimate of drug-likeness (QED) is 0.696. The number of fused-ring (bicyclic) bond motifs is 1. The average Bonchev–Trinajstić information content (AvgIpc) is 2.98. The van der Waals surface area contributed by atoms with Crippen molar-refractivity contribution in [1.82, 2.24) is 4.98 Å². The third kappa shape index (κ3) is 3.26. The van der Waals surface area contributed by atoms with Gasteiger partial charge in [0.15, 0.2) is 0 Å². The summed E-state index contributed by atoms with van der Waals surface area (Å²) in [6.07, 6.45) is 1.82. The molecule has 4 rings (SSSR count). The van der Waals surface area contributed by atoms with Crippen LogP contribution >= 0.6 is 0 Å². The van der Waals surface area contributed by atoms with E-state index in [0.29, 0.717) is 5.75 Å². The smallest absolute Gasteiger partial charge is 0.494 e. The van der Waals surface area contributed by atoms with E-state index in [1.165, 1.54) is 11.1 Å². The van der Waals surface area contributed by atoms with Crippen molar-refractivity contribution in [3.05, 3.63) is 41.6 Å². The predicted molar refractivity (Wildman–Crippen MR) is 119 cm³/mol. The van der Waals surface area contributed by atoms with E-state index in [4.69, 9.17) is 23.8 Å². The Bertz CT molecular complexity index is 981. The summed E-state index contributed by atoms with van der Waals surface area (Å²) >= 11 is 0. The van der Waals surface area contributed by atoms with E-state index >= 15 is 0 Å². The molecule has 0 bridgehead atoms. The first-order valence-electron chi connectivity index (χ1n) is 10.5. The molecule has 2 aliphatic heterocycles. The van der Waals surface area contributed by atoms with Gasteiger partial charge in [0.2, 0.25) is 0 Å². The summed E-state index contributed by atoms with van der Waals surface area (Å²) in [5, 5.41) is 0. The molecule has 2 aromatic rings. The molecule has 1 saturated heterocycles. The van der Waals surface area contributed by atoms with Crippen LogP contribution in [0.15, 0.2) is 30.5 Å². The van der Waals surface area contributed by atoms with E-state index in [1.54, 1.807) is 7.11 Å². The maximum atomic E-state index is 6.29. The molecule has 0 spiro atoms. The van der Waals surface area contributed by atoms with Crippen LogP contribution in [-0.2, 0) is 25.2 Å². The Morgan fingerprint density at radius 2 is 1.43 bits per heavy atom. The maximum Gasteiger partial charge on any atom is 0.496 e. The van der Waals surface area contributed by atoms with E-state index in [1.807, 2.05) is 40.0 Å².